The topological polar surface area (TPSA) is 118 Å². The van der Waals surface area contributed by atoms with Crippen LogP contribution in [-0.4, -0.2) is 59.1 Å². The zero-order valence-corrected chi connectivity index (χ0v) is 25.5. The molecule has 208 valence electrons. The number of hydrogen-bond acceptors (Lipinski definition) is 6. The smallest absolute Gasteiger partial charge is 0.273 e. The van der Waals surface area contributed by atoms with Gasteiger partial charge in [-0.1, -0.05) is 74.5 Å². The van der Waals surface area contributed by atoms with Crippen molar-refractivity contribution in [2.75, 3.05) is 6.54 Å². The summed E-state index contributed by atoms with van der Waals surface area (Å²) in [6, 6.07) is 10.5. The Labute approximate surface area is 264 Å². The van der Waals surface area contributed by atoms with E-state index < -0.39 is 60.9 Å². The van der Waals surface area contributed by atoms with Crippen LogP contribution in [0.3, 0.4) is 0 Å². The number of carbonyl (C=O) groups excluding carboxylic acids is 4. The summed E-state index contributed by atoms with van der Waals surface area (Å²) in [5.74, 6) is -6.80. The van der Waals surface area contributed by atoms with E-state index in [9.17, 15) is 29.3 Å². The highest BCUT2D eigenvalue weighted by molar-refractivity contribution is 9.10. The van der Waals surface area contributed by atoms with Crippen LogP contribution in [0.25, 0.3) is 0 Å². The molecule has 0 aromatic heterocycles. The lowest BCUT2D eigenvalue weighted by molar-refractivity contribution is -0.384. The molecule has 40 heavy (non-hydrogen) atoms. The van der Waals surface area contributed by atoms with Gasteiger partial charge in [-0.3, -0.25) is 29.3 Å². The minimum absolute atomic E-state index is 0.158. The van der Waals surface area contributed by atoms with E-state index in [4.69, 9.17) is 69.6 Å². The molecule has 0 unspecified atom stereocenters. The van der Waals surface area contributed by atoms with Crippen molar-refractivity contribution in [3.05, 3.63) is 84.3 Å². The highest BCUT2D eigenvalue weighted by atomic mass is 79.9. The number of Topliss-reactive ketones (excluding diaryl/α,β-unsaturated/α-hetero) is 1. The molecule has 16 heteroatoms. The second-order valence-corrected chi connectivity index (χ2v) is 13.4. The molecule has 9 nitrogen and oxygen atoms in total. The number of carbonyl (C=O) groups is 4. The summed E-state index contributed by atoms with van der Waals surface area (Å²) < 4.78 is -1.51. The number of amides is 3. The average molecular weight is 731 g/mol. The maximum Gasteiger partial charge on any atom is 0.273 e. The summed E-state index contributed by atoms with van der Waals surface area (Å²) >= 11 is 42.5. The van der Waals surface area contributed by atoms with Gasteiger partial charge in [0.2, 0.25) is 0 Å². The summed E-state index contributed by atoms with van der Waals surface area (Å²) in [5.41, 5.74) is -0.299. The van der Waals surface area contributed by atoms with Crippen LogP contribution in [0.1, 0.15) is 20.7 Å². The second kappa shape index (κ2) is 9.83. The lowest BCUT2D eigenvalue weighted by atomic mass is 9.84. The molecule has 0 spiro atoms. The predicted molar refractivity (Wildman–Crippen MR) is 152 cm³/mol. The van der Waals surface area contributed by atoms with Crippen molar-refractivity contribution in [3.8, 4) is 0 Å². The number of nitrogens with zero attached hydrogens (tertiary/aromatic N) is 3. The average Bonchev–Trinajstić information content (AvgIpc) is 3.30. The highest BCUT2D eigenvalue weighted by Gasteiger charge is 2.88. The summed E-state index contributed by atoms with van der Waals surface area (Å²) in [5, 5.41) is 11.5. The lowest BCUT2D eigenvalue weighted by Crippen LogP contribution is -2.56. The largest absolute Gasteiger partial charge is 0.292 e. The van der Waals surface area contributed by atoms with Crippen LogP contribution in [0, 0.1) is 22.0 Å². The number of allylic oxidation sites excluding steroid dienone is 2. The third-order valence-corrected chi connectivity index (χ3v) is 11.9. The molecular formula is C24H12BrCl6N3O6. The van der Waals surface area contributed by atoms with E-state index in [0.29, 0.717) is 14.5 Å². The van der Waals surface area contributed by atoms with Crippen molar-refractivity contribution >= 4 is 115 Å². The molecule has 4 atom stereocenters. The number of halogens is 7. The molecule has 0 radical (unpaired) electrons. The molecule has 2 aliphatic carbocycles. The first-order chi connectivity index (χ1) is 18.6. The van der Waals surface area contributed by atoms with Crippen molar-refractivity contribution in [2.45, 2.75) is 14.1 Å². The molecule has 2 fully saturated rings. The highest BCUT2D eigenvalue weighted by Crippen LogP contribution is 2.77. The van der Waals surface area contributed by atoms with Gasteiger partial charge in [0.25, 0.3) is 23.4 Å². The second-order valence-electron chi connectivity index (χ2n) is 9.17. The van der Waals surface area contributed by atoms with Crippen molar-refractivity contribution in [2.24, 2.45) is 11.8 Å². The SMILES string of the molecule is O=C(CN(C(=O)c1ccc([N+](=O)[O-])cc1)N1C(=O)[C@H]2[C@H](C1=O)[C@@]1(Cl)C(Cl)=C(Cl)[C@@]2(Cl)C1(Cl)Cl)c1ccc(Br)cc1. The van der Waals surface area contributed by atoms with Crippen molar-refractivity contribution in [3.63, 3.8) is 0 Å². The van der Waals surface area contributed by atoms with E-state index in [1.807, 2.05) is 0 Å². The quantitative estimate of drug-likeness (QED) is 0.118. The predicted octanol–water partition coefficient (Wildman–Crippen LogP) is 6.04. The molecule has 1 heterocycles. The Morgan fingerprint density at radius 1 is 0.875 bits per heavy atom. The van der Waals surface area contributed by atoms with Crippen molar-refractivity contribution in [1.29, 1.82) is 0 Å². The van der Waals surface area contributed by atoms with Gasteiger partial charge in [0, 0.05) is 27.7 Å². The third-order valence-electron chi connectivity index (χ3n) is 7.15. The van der Waals surface area contributed by atoms with Gasteiger partial charge in [0.15, 0.2) is 10.1 Å². The Balaban J connectivity index is 1.59. The van der Waals surface area contributed by atoms with Crippen molar-refractivity contribution in [1.82, 2.24) is 10.0 Å². The van der Waals surface area contributed by atoms with Crippen LogP contribution in [0.4, 0.5) is 5.69 Å². The molecule has 2 aromatic carbocycles. The first-order valence-electron chi connectivity index (χ1n) is 11.1. The fourth-order valence-corrected chi connectivity index (χ4v) is 8.38. The van der Waals surface area contributed by atoms with E-state index in [-0.39, 0.29) is 26.9 Å². The fraction of sp³-hybridized carbons (Fsp3) is 0.250. The normalized spacial score (nSPS) is 28.2. The van der Waals surface area contributed by atoms with Crippen LogP contribution in [0.15, 0.2) is 63.1 Å². The Morgan fingerprint density at radius 2 is 1.32 bits per heavy atom. The van der Waals surface area contributed by atoms with Crippen LogP contribution < -0.4 is 0 Å². The van der Waals surface area contributed by atoms with Gasteiger partial charge in [-0.25, -0.2) is 5.01 Å². The van der Waals surface area contributed by atoms with Gasteiger partial charge < -0.3 is 0 Å². The van der Waals surface area contributed by atoms with E-state index in [2.05, 4.69) is 15.9 Å². The number of ketones is 1. The Bertz CT molecular complexity index is 1510. The van der Waals surface area contributed by atoms with Gasteiger partial charge in [-0.05, 0) is 24.3 Å². The summed E-state index contributed by atoms with van der Waals surface area (Å²) in [4.78, 5) is 60.9. The number of alkyl halides is 4. The van der Waals surface area contributed by atoms with E-state index in [1.165, 1.54) is 12.1 Å². The van der Waals surface area contributed by atoms with Crippen LogP contribution >= 0.6 is 85.5 Å². The minimum atomic E-state index is -2.19. The molecule has 2 aromatic rings. The van der Waals surface area contributed by atoms with E-state index >= 15 is 0 Å². The third kappa shape index (κ3) is 3.80. The number of fused-ring (bicyclic) bond motifs is 5. The maximum absolute atomic E-state index is 13.9. The van der Waals surface area contributed by atoms with Gasteiger partial charge in [0.1, 0.15) is 16.3 Å². The lowest BCUT2D eigenvalue weighted by Gasteiger charge is -2.36. The van der Waals surface area contributed by atoms with Gasteiger partial charge in [-0.15, -0.1) is 23.2 Å². The van der Waals surface area contributed by atoms with Gasteiger partial charge >= 0.3 is 0 Å². The number of hydrogen-bond donors (Lipinski definition) is 0. The first-order valence-corrected chi connectivity index (χ1v) is 14.2. The molecular weight excluding hydrogens is 719 g/mol. The summed E-state index contributed by atoms with van der Waals surface area (Å²) in [6.45, 7) is -0.777. The molecule has 3 amide bonds. The zero-order chi connectivity index (χ0) is 29.5. The Kier molecular flexibility index (Phi) is 7.27. The molecule has 1 saturated heterocycles. The molecule has 0 N–H and O–H groups in total. The van der Waals surface area contributed by atoms with Crippen molar-refractivity contribution < 1.29 is 24.1 Å². The Hall–Kier alpha value is -1.92. The number of rotatable bonds is 6. The van der Waals surface area contributed by atoms with Crippen LogP contribution in [-0.2, 0) is 9.59 Å². The first kappa shape index (κ1) is 29.6. The van der Waals surface area contributed by atoms with Gasteiger partial charge in [0.05, 0.1) is 26.8 Å². The number of hydrazine groups is 1. The number of imide groups is 1. The number of benzene rings is 2. The van der Waals surface area contributed by atoms with E-state index in [1.54, 1.807) is 12.1 Å². The Morgan fingerprint density at radius 3 is 1.77 bits per heavy atom. The number of nitro groups is 1. The minimum Gasteiger partial charge on any atom is -0.292 e. The van der Waals surface area contributed by atoms with E-state index in [0.717, 1.165) is 24.3 Å². The maximum atomic E-state index is 13.9. The molecule has 1 aliphatic heterocycles. The molecule has 3 aliphatic rings. The molecule has 2 bridgehead atoms. The molecule has 1 saturated carbocycles. The van der Waals surface area contributed by atoms with Gasteiger partial charge in [-0.2, -0.15) is 5.01 Å². The number of nitro benzene ring substituents is 1. The van der Waals surface area contributed by atoms with Crippen LogP contribution in [0.5, 0.6) is 0 Å². The monoisotopic (exact) mass is 727 g/mol. The van der Waals surface area contributed by atoms with Crippen LogP contribution in [0.2, 0.25) is 0 Å². The summed E-state index contributed by atoms with van der Waals surface area (Å²) in [7, 11) is 0. The summed E-state index contributed by atoms with van der Waals surface area (Å²) in [6.07, 6.45) is 0. The zero-order valence-electron chi connectivity index (χ0n) is 19.4. The number of non-ortho nitro benzene ring substituents is 1. The molecule has 5 rings (SSSR count). The fourth-order valence-electron chi connectivity index (χ4n) is 5.19. The standard InChI is InChI=1S/C24H12BrCl6N3O6/c25-12-5-1-10(2-6-12)14(35)9-32(19(36)11-3-7-13(8-4-11)34(39)40)33-20(37)15-16(21(33)38)23(29)18(27)17(26)22(15,28)24(23,30)31/h1-8,15-16H,9H2/t15-,16-,22-,23-/m1/s1.